The first kappa shape index (κ1) is 46.6. The molecule has 6 heterocycles. The second-order valence-electron chi connectivity index (χ2n) is 24.6. The number of nitrogens with zero attached hydrogens (tertiary/aromatic N) is 5. The number of benzene rings is 11. The van der Waals surface area contributed by atoms with Gasteiger partial charge in [0.05, 0.1) is 44.8 Å². The van der Waals surface area contributed by atoms with Crippen molar-refractivity contribution in [3.05, 3.63) is 242 Å². The largest absolute Gasteiger partial charge is 0.311 e. The molecule has 0 bridgehead atoms. The SMILES string of the molecule is CC(C)(C)c1ccc2c(c1)c1cc(C(C)(C)C)ccc1n2-c1ccc2c(c1)N(c1ccc3sc4ccccc4c3c1)c1cc(N(c3ccccc3)c3ccccc3)cc3c1B2c1cccc2c1N3c1cccc3c4ccccc4n-2c13. The predicted octanol–water partition coefficient (Wildman–Crippen LogP) is 18.7. The summed E-state index contributed by atoms with van der Waals surface area (Å²) < 4.78 is 7.66. The maximum atomic E-state index is 2.63. The summed E-state index contributed by atoms with van der Waals surface area (Å²) in [6.07, 6.45) is 0. The number of fused-ring (bicyclic) bond motifs is 15. The van der Waals surface area contributed by atoms with Gasteiger partial charge in [-0.15, -0.1) is 11.3 Å². The van der Waals surface area contributed by atoms with Gasteiger partial charge >= 0.3 is 0 Å². The summed E-state index contributed by atoms with van der Waals surface area (Å²) in [4.78, 5) is 7.70. The number of aromatic nitrogens is 2. The Bertz CT molecular complexity index is 4880. The Kier molecular flexibility index (Phi) is 9.57. The number of anilines is 9. The summed E-state index contributed by atoms with van der Waals surface area (Å²) in [6.45, 7) is 13.8. The van der Waals surface area contributed by atoms with Crippen LogP contribution in [-0.2, 0) is 10.8 Å². The van der Waals surface area contributed by atoms with Crippen molar-refractivity contribution in [1.82, 2.24) is 9.13 Å². The van der Waals surface area contributed by atoms with Crippen molar-refractivity contribution in [3.8, 4) is 11.4 Å². The van der Waals surface area contributed by atoms with E-state index in [9.17, 15) is 0 Å². The van der Waals surface area contributed by atoms with Crippen LogP contribution in [0.2, 0.25) is 0 Å². The van der Waals surface area contributed by atoms with E-state index < -0.39 is 0 Å². The van der Waals surface area contributed by atoms with E-state index in [0.717, 1.165) is 34.1 Å². The Morgan fingerprint density at radius 1 is 0.358 bits per heavy atom. The Morgan fingerprint density at radius 2 is 0.938 bits per heavy atom. The molecule has 11 aromatic carbocycles. The number of hydrogen-bond donors (Lipinski definition) is 0. The molecule has 3 aromatic heterocycles. The number of para-hydroxylation sites is 5. The van der Waals surface area contributed by atoms with Gasteiger partial charge in [0.15, 0.2) is 0 Å². The van der Waals surface area contributed by atoms with Gasteiger partial charge in [-0.25, -0.2) is 0 Å². The first-order valence-electron chi connectivity index (χ1n) is 28.4. The molecule has 0 amide bonds. The second-order valence-corrected chi connectivity index (χ2v) is 25.7. The highest BCUT2D eigenvalue weighted by molar-refractivity contribution is 7.25. The lowest BCUT2D eigenvalue weighted by Gasteiger charge is -2.46. The monoisotopic (exact) mass is 1060 g/mol. The van der Waals surface area contributed by atoms with Crippen LogP contribution in [0.1, 0.15) is 52.7 Å². The van der Waals surface area contributed by atoms with Crippen molar-refractivity contribution in [2.45, 2.75) is 52.4 Å². The molecule has 0 N–H and O–H groups in total. The molecule has 0 saturated heterocycles. The van der Waals surface area contributed by atoms with Crippen LogP contribution in [0.5, 0.6) is 0 Å². The van der Waals surface area contributed by atoms with Gasteiger partial charge in [-0.2, -0.15) is 0 Å². The van der Waals surface area contributed by atoms with E-state index in [4.69, 9.17) is 0 Å². The van der Waals surface area contributed by atoms with Gasteiger partial charge in [-0.3, -0.25) is 0 Å². The molecule has 3 aliphatic heterocycles. The van der Waals surface area contributed by atoms with Gasteiger partial charge in [0, 0.05) is 81.5 Å². The third kappa shape index (κ3) is 6.61. The highest BCUT2D eigenvalue weighted by Gasteiger charge is 2.47. The van der Waals surface area contributed by atoms with Crippen molar-refractivity contribution >= 4 is 149 Å². The van der Waals surface area contributed by atoms with E-state index in [2.05, 4.69) is 296 Å². The van der Waals surface area contributed by atoms with Crippen LogP contribution in [0.3, 0.4) is 0 Å². The minimum Gasteiger partial charge on any atom is -0.311 e. The molecule has 5 nitrogen and oxygen atoms in total. The summed E-state index contributed by atoms with van der Waals surface area (Å²) in [6, 6.07) is 87.6. The smallest absolute Gasteiger partial charge is 0.252 e. The lowest BCUT2D eigenvalue weighted by Crippen LogP contribution is -2.61. The van der Waals surface area contributed by atoms with Crippen molar-refractivity contribution in [1.29, 1.82) is 0 Å². The second kappa shape index (κ2) is 16.6. The Labute approximate surface area is 475 Å². The first-order valence-corrected chi connectivity index (χ1v) is 29.3. The zero-order valence-electron chi connectivity index (χ0n) is 46.2. The van der Waals surface area contributed by atoms with Gasteiger partial charge in [0.2, 0.25) is 0 Å². The number of rotatable bonds is 5. The van der Waals surface area contributed by atoms with E-state index in [-0.39, 0.29) is 17.5 Å². The van der Waals surface area contributed by atoms with Gasteiger partial charge < -0.3 is 23.8 Å². The molecule has 0 radical (unpaired) electrons. The summed E-state index contributed by atoms with van der Waals surface area (Å²) in [5.41, 5.74) is 24.0. The molecule has 0 saturated carbocycles. The number of hydrogen-bond acceptors (Lipinski definition) is 4. The molecule has 0 spiro atoms. The van der Waals surface area contributed by atoms with Crippen LogP contribution in [-0.4, -0.2) is 15.8 Å². The van der Waals surface area contributed by atoms with Gasteiger partial charge in [-0.1, -0.05) is 157 Å². The fraction of sp³-hybridized carbons (Fsp3) is 0.108. The van der Waals surface area contributed by atoms with Crippen molar-refractivity contribution in [2.75, 3.05) is 14.7 Å². The molecule has 386 valence electrons. The zero-order chi connectivity index (χ0) is 54.2. The average Bonchev–Trinajstić information content (AvgIpc) is 4.30. The summed E-state index contributed by atoms with van der Waals surface area (Å²) in [5, 5.41) is 7.63. The van der Waals surface area contributed by atoms with Crippen LogP contribution in [0.25, 0.3) is 75.2 Å². The molecule has 7 heteroatoms. The van der Waals surface area contributed by atoms with Crippen molar-refractivity contribution in [2.24, 2.45) is 0 Å². The highest BCUT2D eigenvalue weighted by Crippen LogP contribution is 2.54. The van der Waals surface area contributed by atoms with Crippen LogP contribution < -0.4 is 31.1 Å². The highest BCUT2D eigenvalue weighted by atomic mass is 32.1. The van der Waals surface area contributed by atoms with E-state index in [1.807, 2.05) is 11.3 Å². The normalized spacial score (nSPS) is 13.5. The molecular weight excluding hydrogens is 1000 g/mol. The lowest BCUT2D eigenvalue weighted by molar-refractivity contribution is 0.590. The number of thiophene rings is 1. The van der Waals surface area contributed by atoms with Crippen LogP contribution >= 0.6 is 11.3 Å². The van der Waals surface area contributed by atoms with E-state index in [1.165, 1.54) is 120 Å². The fourth-order valence-corrected chi connectivity index (χ4v) is 15.2. The molecule has 0 fully saturated rings. The Balaban J connectivity index is 1.01. The van der Waals surface area contributed by atoms with Gasteiger partial charge in [-0.05, 0) is 154 Å². The van der Waals surface area contributed by atoms with E-state index >= 15 is 0 Å². The first-order chi connectivity index (χ1) is 39.5. The standard InChI is InChI=1S/C74H56BN5S/c1-73(2,3)45-31-36-61-55(39-45)56-40-46(74(4,5)6)32-37-62(56)77(61)50-33-35-58-65(42-50)78(49-34-38-69-57(41-49)53-24-14-16-30-68(53)81-69)66-43-51(76(47-19-9-7-10-20-47)48-21-11-8-12-22-48)44-67-70(66)75(58)59-26-18-29-64-72(59)80(67)63-28-17-25-54-52-23-13-15-27-60(52)79(64)71(54)63/h7-44H,1-6H3. The van der Waals surface area contributed by atoms with Gasteiger partial charge in [0.1, 0.15) is 0 Å². The topological polar surface area (TPSA) is 19.6 Å². The fourth-order valence-electron chi connectivity index (χ4n) is 14.1. The quantitative estimate of drug-likeness (QED) is 0.160. The molecule has 81 heavy (non-hydrogen) atoms. The third-order valence-electron chi connectivity index (χ3n) is 17.9. The molecule has 0 unspecified atom stereocenters. The van der Waals surface area contributed by atoms with Crippen LogP contribution in [0, 0.1) is 0 Å². The molecule has 17 rings (SSSR count). The Morgan fingerprint density at radius 3 is 1.64 bits per heavy atom. The van der Waals surface area contributed by atoms with Crippen molar-refractivity contribution < 1.29 is 0 Å². The van der Waals surface area contributed by atoms with Crippen LogP contribution in [0.4, 0.5) is 51.2 Å². The summed E-state index contributed by atoms with van der Waals surface area (Å²) in [7, 11) is 0. The molecule has 3 aliphatic rings. The molecule has 0 atom stereocenters. The minimum atomic E-state index is -0.104. The molecule has 0 aliphatic carbocycles. The maximum absolute atomic E-state index is 2.63. The zero-order valence-corrected chi connectivity index (χ0v) is 47.0. The summed E-state index contributed by atoms with van der Waals surface area (Å²) in [5.74, 6) is 0. The lowest BCUT2D eigenvalue weighted by atomic mass is 9.33. The van der Waals surface area contributed by atoms with Crippen molar-refractivity contribution in [3.63, 3.8) is 0 Å². The molecule has 14 aromatic rings. The maximum Gasteiger partial charge on any atom is 0.252 e. The Hall–Kier alpha value is -9.30. The van der Waals surface area contributed by atoms with Crippen LogP contribution in [0.15, 0.2) is 231 Å². The third-order valence-corrected chi connectivity index (χ3v) is 19.0. The minimum absolute atomic E-state index is 0.0120. The van der Waals surface area contributed by atoms with E-state index in [1.54, 1.807) is 0 Å². The molecular formula is C74H56BN5S. The van der Waals surface area contributed by atoms with E-state index in [0.29, 0.717) is 0 Å². The van der Waals surface area contributed by atoms with Gasteiger partial charge in [0.25, 0.3) is 6.71 Å². The summed E-state index contributed by atoms with van der Waals surface area (Å²) >= 11 is 1.87. The predicted molar refractivity (Wildman–Crippen MR) is 348 cm³/mol. The average molecular weight is 1060 g/mol.